The Kier molecular flexibility index (Phi) is 3.18. The van der Waals surface area contributed by atoms with Crippen molar-refractivity contribution in [1.29, 1.82) is 0 Å². The standard InChI is InChI=1S/C15H16FNO2/c1-9-12(14(18)17-4)13(19-15(9,2)3)10-5-7-11(16)8-6-10/h5-8H,1H2,2-4H3,(H,17,18). The monoisotopic (exact) mass is 261 g/mol. The predicted octanol–water partition coefficient (Wildman–Crippen LogP) is 2.65. The van der Waals surface area contributed by atoms with E-state index in [4.69, 9.17) is 4.74 Å². The van der Waals surface area contributed by atoms with Crippen molar-refractivity contribution in [3.05, 3.63) is 53.4 Å². The molecular formula is C15H16FNO2. The summed E-state index contributed by atoms with van der Waals surface area (Å²) in [7, 11) is 1.55. The zero-order valence-corrected chi connectivity index (χ0v) is 11.2. The summed E-state index contributed by atoms with van der Waals surface area (Å²) in [5.74, 6) is -0.147. The van der Waals surface area contributed by atoms with Crippen LogP contribution in [0.5, 0.6) is 0 Å². The molecule has 1 heterocycles. The van der Waals surface area contributed by atoms with Gasteiger partial charge in [0.1, 0.15) is 17.2 Å². The van der Waals surface area contributed by atoms with E-state index in [1.54, 1.807) is 19.2 Å². The van der Waals surface area contributed by atoms with Crippen molar-refractivity contribution in [3.8, 4) is 0 Å². The molecule has 100 valence electrons. The third-order valence-electron chi connectivity index (χ3n) is 3.17. The number of hydrogen-bond acceptors (Lipinski definition) is 2. The Morgan fingerprint density at radius 3 is 2.42 bits per heavy atom. The second-order valence-electron chi connectivity index (χ2n) is 4.88. The van der Waals surface area contributed by atoms with E-state index in [-0.39, 0.29) is 11.7 Å². The quantitative estimate of drug-likeness (QED) is 0.888. The van der Waals surface area contributed by atoms with Gasteiger partial charge in [0.25, 0.3) is 5.91 Å². The average Bonchev–Trinajstić information content (AvgIpc) is 2.61. The molecule has 1 aliphatic heterocycles. The molecule has 0 unspecified atom stereocenters. The lowest BCUT2D eigenvalue weighted by Gasteiger charge is -2.21. The van der Waals surface area contributed by atoms with Gasteiger partial charge in [-0.1, -0.05) is 6.58 Å². The first-order chi connectivity index (χ1) is 8.86. The fourth-order valence-electron chi connectivity index (χ4n) is 1.98. The van der Waals surface area contributed by atoms with Gasteiger partial charge in [-0.05, 0) is 38.1 Å². The lowest BCUT2D eigenvalue weighted by Crippen LogP contribution is -2.25. The van der Waals surface area contributed by atoms with Gasteiger partial charge in [-0.3, -0.25) is 4.79 Å². The molecule has 1 aromatic rings. The van der Waals surface area contributed by atoms with Crippen LogP contribution < -0.4 is 5.32 Å². The van der Waals surface area contributed by atoms with E-state index < -0.39 is 5.60 Å². The first kappa shape index (κ1) is 13.3. The third-order valence-corrected chi connectivity index (χ3v) is 3.17. The number of halogens is 1. The van der Waals surface area contributed by atoms with E-state index in [2.05, 4.69) is 11.9 Å². The maximum absolute atomic E-state index is 13.0. The normalized spacial score (nSPS) is 17.4. The first-order valence-corrected chi connectivity index (χ1v) is 5.98. The minimum absolute atomic E-state index is 0.255. The van der Waals surface area contributed by atoms with E-state index in [1.165, 1.54) is 12.1 Å². The largest absolute Gasteiger partial charge is 0.482 e. The fourth-order valence-corrected chi connectivity index (χ4v) is 1.98. The van der Waals surface area contributed by atoms with Gasteiger partial charge >= 0.3 is 0 Å². The summed E-state index contributed by atoms with van der Waals surface area (Å²) < 4.78 is 18.8. The molecular weight excluding hydrogens is 245 g/mol. The number of carbonyl (C=O) groups excluding carboxylic acids is 1. The summed E-state index contributed by atoms with van der Waals surface area (Å²) in [5, 5.41) is 2.57. The first-order valence-electron chi connectivity index (χ1n) is 5.98. The molecule has 1 amide bonds. The van der Waals surface area contributed by atoms with E-state index in [0.717, 1.165) is 0 Å². The van der Waals surface area contributed by atoms with Crippen LogP contribution in [0.4, 0.5) is 4.39 Å². The number of hydrogen-bond donors (Lipinski definition) is 1. The highest BCUT2D eigenvalue weighted by molar-refractivity contribution is 6.05. The molecule has 0 atom stereocenters. The number of amides is 1. The SMILES string of the molecule is C=C1C(C(=O)NC)=C(c2ccc(F)cc2)OC1(C)C. The molecule has 4 heteroatoms. The lowest BCUT2D eigenvalue weighted by molar-refractivity contribution is -0.116. The number of rotatable bonds is 2. The van der Waals surface area contributed by atoms with Crippen molar-refractivity contribution in [3.63, 3.8) is 0 Å². The van der Waals surface area contributed by atoms with Crippen molar-refractivity contribution in [1.82, 2.24) is 5.32 Å². The summed E-state index contributed by atoms with van der Waals surface area (Å²) in [4.78, 5) is 12.0. The molecule has 19 heavy (non-hydrogen) atoms. The zero-order chi connectivity index (χ0) is 14.2. The second-order valence-corrected chi connectivity index (χ2v) is 4.88. The Hall–Kier alpha value is -2.10. The topological polar surface area (TPSA) is 38.3 Å². The van der Waals surface area contributed by atoms with Crippen molar-refractivity contribution < 1.29 is 13.9 Å². The molecule has 0 aliphatic carbocycles. The van der Waals surface area contributed by atoms with E-state index in [0.29, 0.717) is 22.5 Å². The van der Waals surface area contributed by atoms with Crippen LogP contribution in [0.1, 0.15) is 19.4 Å². The average molecular weight is 261 g/mol. The van der Waals surface area contributed by atoms with Gasteiger partial charge in [0.05, 0.1) is 5.57 Å². The van der Waals surface area contributed by atoms with Crippen molar-refractivity contribution in [2.45, 2.75) is 19.4 Å². The number of likely N-dealkylation sites (N-methyl/N-ethyl adjacent to an activating group) is 1. The highest BCUT2D eigenvalue weighted by Gasteiger charge is 2.39. The highest BCUT2D eigenvalue weighted by Crippen LogP contribution is 2.42. The van der Waals surface area contributed by atoms with Gasteiger partial charge in [0.15, 0.2) is 0 Å². The molecule has 3 nitrogen and oxygen atoms in total. The smallest absolute Gasteiger partial charge is 0.255 e. The van der Waals surface area contributed by atoms with Crippen molar-refractivity contribution in [2.24, 2.45) is 0 Å². The highest BCUT2D eigenvalue weighted by atomic mass is 19.1. The summed E-state index contributed by atoms with van der Waals surface area (Å²) in [6, 6.07) is 5.84. The minimum Gasteiger partial charge on any atom is -0.482 e. The Morgan fingerprint density at radius 2 is 1.89 bits per heavy atom. The molecule has 0 spiro atoms. The van der Waals surface area contributed by atoms with E-state index in [1.807, 2.05) is 13.8 Å². The maximum Gasteiger partial charge on any atom is 0.255 e. The predicted molar refractivity (Wildman–Crippen MR) is 71.7 cm³/mol. The fraction of sp³-hybridized carbons (Fsp3) is 0.267. The van der Waals surface area contributed by atoms with Gasteiger partial charge in [0.2, 0.25) is 0 Å². The van der Waals surface area contributed by atoms with Crippen LogP contribution in [0.15, 0.2) is 42.0 Å². The molecule has 1 N–H and O–H groups in total. The Bertz CT molecular complexity index is 570. The molecule has 0 bridgehead atoms. The zero-order valence-electron chi connectivity index (χ0n) is 11.2. The lowest BCUT2D eigenvalue weighted by atomic mass is 9.93. The molecule has 0 saturated heterocycles. The summed E-state index contributed by atoms with van der Waals surface area (Å²) in [6.45, 7) is 7.62. The summed E-state index contributed by atoms with van der Waals surface area (Å²) >= 11 is 0. The summed E-state index contributed by atoms with van der Waals surface area (Å²) in [6.07, 6.45) is 0. The van der Waals surface area contributed by atoms with Crippen molar-refractivity contribution >= 4 is 11.7 Å². The van der Waals surface area contributed by atoms with Crippen LogP contribution in [0.2, 0.25) is 0 Å². The van der Waals surface area contributed by atoms with E-state index >= 15 is 0 Å². The van der Waals surface area contributed by atoms with Crippen LogP contribution in [0, 0.1) is 5.82 Å². The maximum atomic E-state index is 13.0. The second kappa shape index (κ2) is 4.53. The number of nitrogens with one attached hydrogen (secondary N) is 1. The van der Waals surface area contributed by atoms with Gasteiger partial charge in [-0.2, -0.15) is 0 Å². The van der Waals surface area contributed by atoms with Crippen LogP contribution in [0.3, 0.4) is 0 Å². The Balaban J connectivity index is 2.55. The molecule has 2 rings (SSSR count). The van der Waals surface area contributed by atoms with Crippen LogP contribution in [-0.4, -0.2) is 18.6 Å². The molecule has 0 radical (unpaired) electrons. The third kappa shape index (κ3) is 2.26. The number of carbonyl (C=O) groups is 1. The van der Waals surface area contributed by atoms with Gasteiger partial charge in [-0.25, -0.2) is 4.39 Å². The molecule has 0 fully saturated rings. The van der Waals surface area contributed by atoms with Crippen LogP contribution >= 0.6 is 0 Å². The van der Waals surface area contributed by atoms with Crippen LogP contribution in [0.25, 0.3) is 5.76 Å². The molecule has 0 saturated carbocycles. The van der Waals surface area contributed by atoms with Crippen molar-refractivity contribution in [2.75, 3.05) is 7.05 Å². The van der Waals surface area contributed by atoms with Gasteiger partial charge in [-0.15, -0.1) is 0 Å². The molecule has 1 aromatic carbocycles. The van der Waals surface area contributed by atoms with Gasteiger partial charge < -0.3 is 10.1 Å². The Labute approximate surface area is 111 Å². The molecule has 1 aliphatic rings. The van der Waals surface area contributed by atoms with Gasteiger partial charge in [0, 0.05) is 18.2 Å². The number of benzene rings is 1. The van der Waals surface area contributed by atoms with Crippen LogP contribution in [-0.2, 0) is 9.53 Å². The summed E-state index contributed by atoms with van der Waals surface area (Å²) in [5.41, 5.74) is 1.04. The minimum atomic E-state index is -0.647. The number of ether oxygens (including phenoxy) is 1. The molecule has 0 aromatic heterocycles. The Morgan fingerprint density at radius 1 is 1.32 bits per heavy atom. The van der Waals surface area contributed by atoms with E-state index in [9.17, 15) is 9.18 Å².